The Balaban J connectivity index is 1.33. The van der Waals surface area contributed by atoms with Crippen LogP contribution in [0.4, 0.5) is 5.69 Å². The number of nitrogens with zero attached hydrogens (tertiary/aromatic N) is 3. The molecule has 0 saturated carbocycles. The third-order valence-electron chi connectivity index (χ3n) is 4.34. The predicted molar refractivity (Wildman–Crippen MR) is 119 cm³/mol. The fraction of sp³-hybridized carbons (Fsp3) is 0.421. The lowest BCUT2D eigenvalue weighted by atomic mass is 10.3. The number of aromatic nitrogens is 1. The Bertz CT molecular complexity index is 822. The monoisotopic (exact) mass is 482 g/mol. The Hall–Kier alpha value is -1.42. The van der Waals surface area contributed by atoms with Crippen LogP contribution in [0.3, 0.4) is 0 Å². The number of amides is 2. The fourth-order valence-electron chi connectivity index (χ4n) is 2.95. The number of piperazine rings is 1. The Morgan fingerprint density at radius 1 is 1.25 bits per heavy atom. The van der Waals surface area contributed by atoms with Crippen LogP contribution >= 0.6 is 39.0 Å². The number of aryl methyl sites for hydroxylation is 1. The van der Waals surface area contributed by atoms with E-state index in [-0.39, 0.29) is 17.6 Å². The van der Waals surface area contributed by atoms with Gasteiger partial charge >= 0.3 is 0 Å². The van der Waals surface area contributed by atoms with Gasteiger partial charge in [0, 0.05) is 48.3 Å². The number of benzene rings is 1. The molecule has 0 aliphatic carbocycles. The van der Waals surface area contributed by atoms with E-state index in [1.54, 1.807) is 11.3 Å². The van der Waals surface area contributed by atoms with Gasteiger partial charge in [0.05, 0.1) is 22.2 Å². The maximum absolute atomic E-state index is 12.4. The second-order valence-corrected chi connectivity index (χ2v) is 9.53. The van der Waals surface area contributed by atoms with E-state index in [0.29, 0.717) is 5.75 Å². The molecule has 1 N–H and O–H groups in total. The van der Waals surface area contributed by atoms with Gasteiger partial charge in [0.2, 0.25) is 11.8 Å². The van der Waals surface area contributed by atoms with Crippen LogP contribution in [0, 0.1) is 6.92 Å². The highest BCUT2D eigenvalue weighted by molar-refractivity contribution is 9.10. The van der Waals surface area contributed by atoms with Gasteiger partial charge < -0.3 is 10.2 Å². The van der Waals surface area contributed by atoms with Crippen LogP contribution in [-0.4, -0.2) is 64.3 Å². The molecule has 1 saturated heterocycles. The molecule has 9 heteroatoms. The summed E-state index contributed by atoms with van der Waals surface area (Å²) >= 11 is 6.40. The summed E-state index contributed by atoms with van der Waals surface area (Å²) in [4.78, 5) is 33.1. The van der Waals surface area contributed by atoms with Crippen molar-refractivity contribution >= 4 is 56.5 Å². The molecule has 2 heterocycles. The number of thioether (sulfide) groups is 1. The first-order valence-corrected chi connectivity index (χ1v) is 11.9. The number of anilines is 1. The average molecular weight is 483 g/mol. The Morgan fingerprint density at radius 2 is 2.04 bits per heavy atom. The summed E-state index contributed by atoms with van der Waals surface area (Å²) in [6.45, 7) is 6.03. The molecule has 3 rings (SSSR count). The first-order chi connectivity index (χ1) is 13.5. The van der Waals surface area contributed by atoms with Crippen molar-refractivity contribution in [3.63, 3.8) is 0 Å². The number of hydrogen-bond acceptors (Lipinski definition) is 6. The lowest BCUT2D eigenvalue weighted by molar-refractivity contribution is -0.130. The number of rotatable bonds is 7. The number of carbonyl (C=O) groups excluding carboxylic acids is 2. The van der Waals surface area contributed by atoms with Crippen LogP contribution in [0.1, 0.15) is 10.7 Å². The smallest absolute Gasteiger partial charge is 0.234 e. The minimum atomic E-state index is -0.0979. The first kappa shape index (κ1) is 21.3. The Kier molecular flexibility index (Phi) is 7.90. The van der Waals surface area contributed by atoms with E-state index in [9.17, 15) is 9.59 Å². The Morgan fingerprint density at radius 3 is 2.71 bits per heavy atom. The van der Waals surface area contributed by atoms with Gasteiger partial charge in [-0.2, -0.15) is 0 Å². The zero-order valence-electron chi connectivity index (χ0n) is 15.7. The number of halogens is 1. The van der Waals surface area contributed by atoms with E-state index in [4.69, 9.17) is 0 Å². The van der Waals surface area contributed by atoms with Crippen molar-refractivity contribution in [3.8, 4) is 0 Å². The molecule has 0 spiro atoms. The quantitative estimate of drug-likeness (QED) is 0.655. The van der Waals surface area contributed by atoms with Crippen LogP contribution in [-0.2, 0) is 16.1 Å². The number of hydrogen-bond donors (Lipinski definition) is 1. The van der Waals surface area contributed by atoms with Crippen molar-refractivity contribution in [1.29, 1.82) is 0 Å². The van der Waals surface area contributed by atoms with Gasteiger partial charge in [-0.1, -0.05) is 22.0 Å². The van der Waals surface area contributed by atoms with Gasteiger partial charge in [-0.05, 0) is 25.1 Å². The minimum absolute atomic E-state index is 0.0979. The number of nitrogens with one attached hydrogen (secondary N) is 1. The van der Waals surface area contributed by atoms with Crippen molar-refractivity contribution < 1.29 is 9.59 Å². The van der Waals surface area contributed by atoms with Crippen LogP contribution in [0.25, 0.3) is 0 Å². The second-order valence-electron chi connectivity index (χ2n) is 6.57. The molecule has 1 aromatic heterocycles. The van der Waals surface area contributed by atoms with Crippen LogP contribution in [0.2, 0.25) is 0 Å². The molecular weight excluding hydrogens is 460 g/mol. The molecule has 1 fully saturated rings. The van der Waals surface area contributed by atoms with Gasteiger partial charge in [0.1, 0.15) is 0 Å². The minimum Gasteiger partial charge on any atom is -0.339 e. The number of thiazole rings is 1. The van der Waals surface area contributed by atoms with Gasteiger partial charge in [-0.15, -0.1) is 23.1 Å². The predicted octanol–water partition coefficient (Wildman–Crippen LogP) is 3.23. The van der Waals surface area contributed by atoms with Gasteiger partial charge in [0.25, 0.3) is 0 Å². The van der Waals surface area contributed by atoms with Crippen molar-refractivity contribution in [2.45, 2.75) is 13.5 Å². The van der Waals surface area contributed by atoms with Crippen molar-refractivity contribution in [1.82, 2.24) is 14.8 Å². The average Bonchev–Trinajstić information content (AvgIpc) is 3.07. The van der Waals surface area contributed by atoms with Crippen LogP contribution < -0.4 is 5.32 Å². The summed E-state index contributed by atoms with van der Waals surface area (Å²) in [5.74, 6) is 0.599. The summed E-state index contributed by atoms with van der Waals surface area (Å²) in [5.41, 5.74) is 1.85. The largest absolute Gasteiger partial charge is 0.339 e. The highest BCUT2D eigenvalue weighted by Gasteiger charge is 2.21. The lowest BCUT2D eigenvalue weighted by Crippen LogP contribution is -2.48. The van der Waals surface area contributed by atoms with Gasteiger partial charge in [-0.25, -0.2) is 4.98 Å². The molecule has 6 nitrogen and oxygen atoms in total. The van der Waals surface area contributed by atoms with E-state index in [1.165, 1.54) is 11.8 Å². The van der Waals surface area contributed by atoms with Crippen LogP contribution in [0.15, 0.2) is 34.1 Å². The summed E-state index contributed by atoms with van der Waals surface area (Å²) < 4.78 is 0.914. The highest BCUT2D eigenvalue weighted by Crippen LogP contribution is 2.16. The second kappa shape index (κ2) is 10.4. The molecule has 0 unspecified atom stereocenters. The van der Waals surface area contributed by atoms with E-state index < -0.39 is 0 Å². The van der Waals surface area contributed by atoms with Crippen LogP contribution in [0.5, 0.6) is 0 Å². The molecular formula is C19H23BrN4O2S2. The maximum atomic E-state index is 12.4. The molecule has 1 aromatic carbocycles. The molecule has 150 valence electrons. The molecule has 0 bridgehead atoms. The van der Waals surface area contributed by atoms with Crippen molar-refractivity contribution in [3.05, 3.63) is 44.8 Å². The third-order valence-corrected chi connectivity index (χ3v) is 6.58. The van der Waals surface area contributed by atoms with E-state index >= 15 is 0 Å². The number of carbonyl (C=O) groups is 2. The topological polar surface area (TPSA) is 65.5 Å². The summed E-state index contributed by atoms with van der Waals surface area (Å²) in [5, 5.41) is 6.03. The standard InChI is InChI=1S/C19H23BrN4O2S2/c1-14-21-17(11-28-14)10-23-5-7-24(8-6-23)19(26)13-27-12-18(25)22-16-4-2-3-15(20)9-16/h2-4,9,11H,5-8,10,12-13H2,1H3,(H,22,25). The highest BCUT2D eigenvalue weighted by atomic mass is 79.9. The molecule has 1 aliphatic heterocycles. The molecule has 0 radical (unpaired) electrons. The van der Waals surface area contributed by atoms with E-state index in [1.807, 2.05) is 36.1 Å². The van der Waals surface area contributed by atoms with Gasteiger partial charge in [0.15, 0.2) is 0 Å². The first-order valence-electron chi connectivity index (χ1n) is 9.04. The zero-order chi connectivity index (χ0) is 19.9. The molecule has 2 amide bonds. The summed E-state index contributed by atoms with van der Waals surface area (Å²) in [7, 11) is 0. The SMILES string of the molecule is Cc1nc(CN2CCN(C(=O)CSCC(=O)Nc3cccc(Br)c3)CC2)cs1. The van der Waals surface area contributed by atoms with Crippen molar-refractivity contribution in [2.24, 2.45) is 0 Å². The van der Waals surface area contributed by atoms with Crippen molar-refractivity contribution in [2.75, 3.05) is 43.0 Å². The normalized spacial score (nSPS) is 14.9. The summed E-state index contributed by atoms with van der Waals surface area (Å²) in [6.07, 6.45) is 0. The maximum Gasteiger partial charge on any atom is 0.234 e. The van der Waals surface area contributed by atoms with Gasteiger partial charge in [-0.3, -0.25) is 14.5 Å². The third kappa shape index (κ3) is 6.58. The molecule has 1 aliphatic rings. The lowest BCUT2D eigenvalue weighted by Gasteiger charge is -2.34. The van der Waals surface area contributed by atoms with E-state index in [2.05, 4.69) is 36.5 Å². The Labute approximate surface area is 181 Å². The fourth-order valence-corrected chi connectivity index (χ4v) is 4.67. The summed E-state index contributed by atoms with van der Waals surface area (Å²) in [6, 6.07) is 7.46. The molecule has 28 heavy (non-hydrogen) atoms. The van der Waals surface area contributed by atoms with E-state index in [0.717, 1.165) is 53.6 Å². The molecule has 0 atom stereocenters. The molecule has 2 aromatic rings. The zero-order valence-corrected chi connectivity index (χ0v) is 18.9.